The molecular formula is C20H18N6O3. The number of fused-ring (bicyclic) bond motifs is 1. The zero-order valence-electron chi connectivity index (χ0n) is 15.6. The van der Waals surface area contributed by atoms with E-state index in [1.165, 1.54) is 16.8 Å². The lowest BCUT2D eigenvalue weighted by atomic mass is 10.3. The molecule has 0 aliphatic heterocycles. The molecule has 9 heteroatoms. The number of benzene rings is 2. The Labute approximate surface area is 165 Å². The second kappa shape index (κ2) is 7.55. The molecule has 0 atom stereocenters. The Kier molecular flexibility index (Phi) is 4.78. The lowest BCUT2D eigenvalue weighted by molar-refractivity contribution is -0.384. The number of hydrogen-bond donors (Lipinski definition) is 1. The van der Waals surface area contributed by atoms with Crippen LogP contribution in [0.5, 0.6) is 0 Å². The van der Waals surface area contributed by atoms with Gasteiger partial charge in [0, 0.05) is 31.4 Å². The number of non-ortho nitro benzene ring substituents is 1. The molecule has 0 saturated heterocycles. The monoisotopic (exact) mass is 390 g/mol. The quantitative estimate of drug-likeness (QED) is 0.402. The van der Waals surface area contributed by atoms with E-state index in [4.69, 9.17) is 0 Å². The third-order valence-electron chi connectivity index (χ3n) is 4.61. The lowest BCUT2D eigenvalue weighted by Crippen LogP contribution is -2.28. The average molecular weight is 390 g/mol. The summed E-state index contributed by atoms with van der Waals surface area (Å²) in [5, 5.41) is 17.9. The first kappa shape index (κ1) is 18.4. The molecule has 0 aliphatic carbocycles. The Bertz CT molecular complexity index is 1190. The highest BCUT2D eigenvalue weighted by Gasteiger charge is 2.12. The summed E-state index contributed by atoms with van der Waals surface area (Å²) in [6.45, 7) is 2.97. The number of amides is 1. The van der Waals surface area contributed by atoms with Gasteiger partial charge in [0.25, 0.3) is 11.6 Å². The molecule has 0 unspecified atom stereocenters. The second-order valence-corrected chi connectivity index (χ2v) is 6.47. The molecule has 29 heavy (non-hydrogen) atoms. The van der Waals surface area contributed by atoms with Crippen LogP contribution < -0.4 is 5.32 Å². The Morgan fingerprint density at radius 2 is 1.90 bits per heavy atom. The van der Waals surface area contributed by atoms with E-state index in [-0.39, 0.29) is 17.3 Å². The van der Waals surface area contributed by atoms with Crippen molar-refractivity contribution in [1.82, 2.24) is 24.6 Å². The van der Waals surface area contributed by atoms with Crippen LogP contribution in [0.1, 0.15) is 16.3 Å². The summed E-state index contributed by atoms with van der Waals surface area (Å²) in [6, 6.07) is 15.4. The van der Waals surface area contributed by atoms with Crippen LogP contribution in [-0.4, -0.2) is 36.7 Å². The van der Waals surface area contributed by atoms with Crippen LogP contribution in [-0.2, 0) is 6.54 Å². The fraction of sp³-hybridized carbons (Fsp3) is 0.150. The van der Waals surface area contributed by atoms with Crippen molar-refractivity contribution in [3.05, 3.63) is 82.4 Å². The lowest BCUT2D eigenvalue weighted by Gasteiger charge is -2.08. The second-order valence-electron chi connectivity index (χ2n) is 6.47. The van der Waals surface area contributed by atoms with Crippen molar-refractivity contribution in [3.63, 3.8) is 0 Å². The van der Waals surface area contributed by atoms with Crippen molar-refractivity contribution < 1.29 is 9.72 Å². The highest BCUT2D eigenvalue weighted by molar-refractivity contribution is 5.92. The molecule has 0 radical (unpaired) electrons. The molecule has 4 rings (SSSR count). The molecule has 146 valence electrons. The third kappa shape index (κ3) is 3.70. The van der Waals surface area contributed by atoms with Gasteiger partial charge in [-0.05, 0) is 37.3 Å². The van der Waals surface area contributed by atoms with Gasteiger partial charge in [0.15, 0.2) is 5.69 Å². The Balaban J connectivity index is 1.40. The maximum atomic E-state index is 12.4. The van der Waals surface area contributed by atoms with Gasteiger partial charge in [0.05, 0.1) is 21.6 Å². The fourth-order valence-electron chi connectivity index (χ4n) is 3.17. The Morgan fingerprint density at radius 1 is 1.14 bits per heavy atom. The summed E-state index contributed by atoms with van der Waals surface area (Å²) < 4.78 is 3.57. The molecule has 0 fully saturated rings. The Hall–Kier alpha value is -4.01. The van der Waals surface area contributed by atoms with E-state index in [1.54, 1.807) is 24.4 Å². The molecule has 1 amide bonds. The predicted molar refractivity (Wildman–Crippen MR) is 107 cm³/mol. The minimum atomic E-state index is -0.461. The highest BCUT2D eigenvalue weighted by atomic mass is 16.6. The van der Waals surface area contributed by atoms with E-state index in [0.29, 0.717) is 18.8 Å². The summed E-state index contributed by atoms with van der Waals surface area (Å²) in [5.41, 5.74) is 2.87. The zero-order chi connectivity index (χ0) is 20.4. The number of nitro groups is 1. The van der Waals surface area contributed by atoms with Crippen molar-refractivity contribution in [2.24, 2.45) is 0 Å². The van der Waals surface area contributed by atoms with Gasteiger partial charge in [0.2, 0.25) is 0 Å². The van der Waals surface area contributed by atoms with Crippen LogP contribution in [0.3, 0.4) is 0 Å². The SMILES string of the molecule is Cc1nc2ccccc2n1CCNC(=O)c1ccn(-c2ccc([N+](=O)[O-])cc2)n1. The van der Waals surface area contributed by atoms with E-state index < -0.39 is 4.92 Å². The van der Waals surface area contributed by atoms with E-state index in [9.17, 15) is 14.9 Å². The molecule has 4 aromatic rings. The van der Waals surface area contributed by atoms with Gasteiger partial charge in [-0.1, -0.05) is 12.1 Å². The van der Waals surface area contributed by atoms with Crippen LogP contribution in [0.4, 0.5) is 5.69 Å². The number of hydrogen-bond acceptors (Lipinski definition) is 5. The molecule has 0 spiro atoms. The number of aromatic nitrogens is 4. The smallest absolute Gasteiger partial charge is 0.271 e. The molecule has 2 aromatic carbocycles. The van der Waals surface area contributed by atoms with Crippen LogP contribution in [0.25, 0.3) is 16.7 Å². The first-order valence-electron chi connectivity index (χ1n) is 9.03. The summed E-state index contributed by atoms with van der Waals surface area (Å²) in [7, 11) is 0. The average Bonchev–Trinajstić information content (AvgIpc) is 3.33. The molecule has 0 aliphatic rings. The maximum Gasteiger partial charge on any atom is 0.271 e. The molecule has 0 saturated carbocycles. The number of carbonyl (C=O) groups is 1. The maximum absolute atomic E-state index is 12.4. The normalized spacial score (nSPS) is 10.9. The molecule has 0 bridgehead atoms. The fourth-order valence-corrected chi connectivity index (χ4v) is 3.17. The minimum absolute atomic E-state index is 0.00110. The predicted octanol–water partition coefficient (Wildman–Crippen LogP) is 2.87. The van der Waals surface area contributed by atoms with Crippen LogP contribution >= 0.6 is 0 Å². The zero-order valence-corrected chi connectivity index (χ0v) is 15.6. The molecule has 9 nitrogen and oxygen atoms in total. The van der Waals surface area contributed by atoms with E-state index in [2.05, 4.69) is 20.0 Å². The van der Waals surface area contributed by atoms with Gasteiger partial charge in [-0.3, -0.25) is 14.9 Å². The van der Waals surface area contributed by atoms with Crippen LogP contribution in [0.2, 0.25) is 0 Å². The van der Waals surface area contributed by atoms with Gasteiger partial charge < -0.3 is 9.88 Å². The van der Waals surface area contributed by atoms with E-state index in [0.717, 1.165) is 16.9 Å². The van der Waals surface area contributed by atoms with Gasteiger partial charge in [-0.15, -0.1) is 0 Å². The third-order valence-corrected chi connectivity index (χ3v) is 4.61. The van der Waals surface area contributed by atoms with Crippen molar-refractivity contribution in [1.29, 1.82) is 0 Å². The highest BCUT2D eigenvalue weighted by Crippen LogP contribution is 2.16. The van der Waals surface area contributed by atoms with E-state index in [1.807, 2.05) is 31.2 Å². The van der Waals surface area contributed by atoms with Gasteiger partial charge >= 0.3 is 0 Å². The largest absolute Gasteiger partial charge is 0.349 e. The first-order valence-corrected chi connectivity index (χ1v) is 9.03. The van der Waals surface area contributed by atoms with Crippen molar-refractivity contribution in [2.75, 3.05) is 6.54 Å². The number of nitrogens with one attached hydrogen (secondary N) is 1. The first-order chi connectivity index (χ1) is 14.0. The van der Waals surface area contributed by atoms with Crippen molar-refractivity contribution >= 4 is 22.6 Å². The molecule has 1 N–H and O–H groups in total. The summed E-state index contributed by atoms with van der Waals surface area (Å²) in [6.07, 6.45) is 1.64. The topological polar surface area (TPSA) is 108 Å². The number of imidazole rings is 1. The van der Waals surface area contributed by atoms with Crippen LogP contribution in [0, 0.1) is 17.0 Å². The van der Waals surface area contributed by atoms with E-state index >= 15 is 0 Å². The van der Waals surface area contributed by atoms with Gasteiger partial charge in [0.1, 0.15) is 5.82 Å². The standard InChI is InChI=1S/C20H18N6O3/c1-14-22-17-4-2-3-5-19(17)24(14)13-11-21-20(27)18-10-12-25(23-18)15-6-8-16(9-7-15)26(28)29/h2-10,12H,11,13H2,1H3,(H,21,27). The van der Waals surface area contributed by atoms with Crippen LogP contribution in [0.15, 0.2) is 60.8 Å². The van der Waals surface area contributed by atoms with Crippen molar-refractivity contribution in [3.8, 4) is 5.69 Å². The summed E-state index contributed by atoms with van der Waals surface area (Å²) >= 11 is 0. The number of carbonyl (C=O) groups excluding carboxylic acids is 1. The van der Waals surface area contributed by atoms with Crippen molar-refractivity contribution in [2.45, 2.75) is 13.5 Å². The number of rotatable bonds is 6. The number of nitrogens with zero attached hydrogens (tertiary/aromatic N) is 5. The number of aryl methyl sites for hydroxylation is 1. The molecular weight excluding hydrogens is 372 g/mol. The molecule has 2 aromatic heterocycles. The summed E-state index contributed by atoms with van der Waals surface area (Å²) in [5.74, 6) is 0.607. The minimum Gasteiger partial charge on any atom is -0.349 e. The number of nitro benzene ring substituents is 1. The van der Waals surface area contributed by atoms with Gasteiger partial charge in [-0.25, -0.2) is 9.67 Å². The Morgan fingerprint density at radius 3 is 2.66 bits per heavy atom. The molecule has 2 heterocycles. The number of para-hydroxylation sites is 2. The van der Waals surface area contributed by atoms with Gasteiger partial charge in [-0.2, -0.15) is 5.10 Å². The summed E-state index contributed by atoms with van der Waals surface area (Å²) in [4.78, 5) is 27.2.